The second-order valence-corrected chi connectivity index (χ2v) is 3.93. The summed E-state index contributed by atoms with van der Waals surface area (Å²) in [7, 11) is 0. The zero-order chi connectivity index (χ0) is 10.7. The minimum absolute atomic E-state index is 0. The van der Waals surface area contributed by atoms with Crippen LogP contribution in [0.1, 0.15) is 24.8 Å². The highest BCUT2D eigenvalue weighted by atomic mass is 35.5. The molecule has 0 bridgehead atoms. The van der Waals surface area contributed by atoms with Crippen LogP contribution in [0, 0.1) is 6.92 Å². The van der Waals surface area contributed by atoms with E-state index in [0.29, 0.717) is 5.82 Å². The van der Waals surface area contributed by atoms with E-state index >= 15 is 0 Å². The standard InChI is InChI=1S/C10H17N5.2ClH.H2O/c1-8-7-9(13-14-10(8)12-11)15-5-3-2-4-6-15;;;/h7H,2-6,11H2,1H3,(H,12,14);2*1H;1H2. The van der Waals surface area contributed by atoms with Gasteiger partial charge in [0.15, 0.2) is 11.6 Å². The Morgan fingerprint density at radius 2 is 1.78 bits per heavy atom. The van der Waals surface area contributed by atoms with Gasteiger partial charge in [0.2, 0.25) is 0 Å². The molecule has 0 radical (unpaired) electrons. The van der Waals surface area contributed by atoms with E-state index in [-0.39, 0.29) is 30.3 Å². The van der Waals surface area contributed by atoms with E-state index in [1.54, 1.807) is 0 Å². The van der Waals surface area contributed by atoms with Crippen molar-refractivity contribution in [2.75, 3.05) is 23.4 Å². The molecule has 18 heavy (non-hydrogen) atoms. The summed E-state index contributed by atoms with van der Waals surface area (Å²) in [4.78, 5) is 2.28. The molecule has 0 aliphatic carbocycles. The van der Waals surface area contributed by atoms with Crippen LogP contribution in [0.2, 0.25) is 0 Å². The fourth-order valence-electron chi connectivity index (χ4n) is 1.89. The molecule has 1 fully saturated rings. The van der Waals surface area contributed by atoms with Crippen molar-refractivity contribution in [2.45, 2.75) is 26.2 Å². The van der Waals surface area contributed by atoms with Crippen LogP contribution < -0.4 is 16.2 Å². The summed E-state index contributed by atoms with van der Waals surface area (Å²) in [5, 5.41) is 8.21. The fourth-order valence-corrected chi connectivity index (χ4v) is 1.89. The number of anilines is 2. The van der Waals surface area contributed by atoms with Gasteiger partial charge < -0.3 is 15.8 Å². The van der Waals surface area contributed by atoms with Gasteiger partial charge in [-0.3, -0.25) is 0 Å². The largest absolute Gasteiger partial charge is 0.412 e. The second kappa shape index (κ2) is 9.16. The number of hydrazine groups is 1. The zero-order valence-corrected chi connectivity index (χ0v) is 12.0. The zero-order valence-electron chi connectivity index (χ0n) is 10.3. The summed E-state index contributed by atoms with van der Waals surface area (Å²) in [6.45, 7) is 4.16. The smallest absolute Gasteiger partial charge is 0.165 e. The molecule has 0 saturated carbocycles. The normalized spacial score (nSPS) is 13.8. The van der Waals surface area contributed by atoms with Crippen LogP contribution in [0.4, 0.5) is 11.6 Å². The summed E-state index contributed by atoms with van der Waals surface area (Å²) in [6, 6.07) is 2.04. The predicted octanol–water partition coefficient (Wildman–Crippen LogP) is 1.08. The van der Waals surface area contributed by atoms with E-state index in [2.05, 4.69) is 20.5 Å². The molecule has 0 atom stereocenters. The molecule has 5 N–H and O–H groups in total. The molecule has 0 spiro atoms. The van der Waals surface area contributed by atoms with E-state index in [1.807, 2.05) is 13.0 Å². The molecule has 106 valence electrons. The third-order valence-corrected chi connectivity index (χ3v) is 2.79. The van der Waals surface area contributed by atoms with Gasteiger partial charge in [0.25, 0.3) is 0 Å². The molecule has 6 nitrogen and oxygen atoms in total. The minimum atomic E-state index is 0. The lowest BCUT2D eigenvalue weighted by molar-refractivity contribution is 0.571. The van der Waals surface area contributed by atoms with Crippen LogP contribution in [0.15, 0.2) is 6.07 Å². The van der Waals surface area contributed by atoms with E-state index < -0.39 is 0 Å². The van der Waals surface area contributed by atoms with Gasteiger partial charge in [-0.25, -0.2) is 5.84 Å². The Morgan fingerprint density at radius 3 is 2.28 bits per heavy atom. The Morgan fingerprint density at radius 1 is 1.17 bits per heavy atom. The lowest BCUT2D eigenvalue weighted by Crippen LogP contribution is -2.30. The molecule has 1 aromatic rings. The summed E-state index contributed by atoms with van der Waals surface area (Å²) >= 11 is 0. The van der Waals surface area contributed by atoms with Gasteiger partial charge in [0.1, 0.15) is 0 Å². The Hall–Kier alpha value is -0.820. The van der Waals surface area contributed by atoms with Crippen LogP contribution in [-0.2, 0) is 0 Å². The lowest BCUT2D eigenvalue weighted by atomic mass is 10.1. The highest BCUT2D eigenvalue weighted by Gasteiger charge is 2.13. The van der Waals surface area contributed by atoms with Crippen molar-refractivity contribution < 1.29 is 5.48 Å². The number of rotatable bonds is 2. The van der Waals surface area contributed by atoms with Crippen LogP contribution in [-0.4, -0.2) is 28.8 Å². The summed E-state index contributed by atoms with van der Waals surface area (Å²) < 4.78 is 0. The molecule has 8 heteroatoms. The lowest BCUT2D eigenvalue weighted by Gasteiger charge is -2.27. The Bertz CT molecular complexity index is 347. The van der Waals surface area contributed by atoms with Crippen molar-refractivity contribution in [3.63, 3.8) is 0 Å². The maximum absolute atomic E-state index is 5.31. The van der Waals surface area contributed by atoms with Gasteiger partial charge in [-0.1, -0.05) is 0 Å². The average molecular weight is 298 g/mol. The van der Waals surface area contributed by atoms with E-state index in [1.165, 1.54) is 19.3 Å². The first-order valence-corrected chi connectivity index (χ1v) is 5.37. The number of hydrogen-bond acceptors (Lipinski definition) is 5. The first-order chi connectivity index (χ1) is 7.31. The van der Waals surface area contributed by atoms with Crippen LogP contribution >= 0.6 is 24.8 Å². The topological polar surface area (TPSA) is 98.6 Å². The monoisotopic (exact) mass is 297 g/mol. The van der Waals surface area contributed by atoms with Crippen LogP contribution in [0.25, 0.3) is 0 Å². The number of nitrogens with two attached hydrogens (primary N) is 1. The van der Waals surface area contributed by atoms with Crippen molar-refractivity contribution in [3.05, 3.63) is 11.6 Å². The third kappa shape index (κ3) is 4.45. The molecule has 1 saturated heterocycles. The molecule has 1 aliphatic heterocycles. The number of nitrogen functional groups attached to an aromatic ring is 1. The van der Waals surface area contributed by atoms with Crippen LogP contribution in [0.3, 0.4) is 0 Å². The molecule has 0 aromatic carbocycles. The molecule has 0 amide bonds. The number of aryl methyl sites for hydroxylation is 1. The van der Waals surface area contributed by atoms with E-state index in [0.717, 1.165) is 24.5 Å². The van der Waals surface area contributed by atoms with Crippen molar-refractivity contribution in [1.82, 2.24) is 10.2 Å². The quantitative estimate of drug-likeness (QED) is 0.629. The van der Waals surface area contributed by atoms with E-state index in [4.69, 9.17) is 5.84 Å². The highest BCUT2D eigenvalue weighted by molar-refractivity contribution is 5.85. The number of halogens is 2. The fraction of sp³-hybridized carbons (Fsp3) is 0.600. The Balaban J connectivity index is 0. The second-order valence-electron chi connectivity index (χ2n) is 3.93. The van der Waals surface area contributed by atoms with Crippen molar-refractivity contribution >= 4 is 36.4 Å². The number of aromatic nitrogens is 2. The molecule has 1 aliphatic rings. The van der Waals surface area contributed by atoms with Gasteiger partial charge in [0, 0.05) is 13.1 Å². The molecule has 2 rings (SSSR count). The molecule has 2 heterocycles. The highest BCUT2D eigenvalue weighted by Crippen LogP contribution is 2.19. The summed E-state index contributed by atoms with van der Waals surface area (Å²) in [6.07, 6.45) is 3.82. The number of nitrogens with zero attached hydrogens (tertiary/aromatic N) is 3. The average Bonchev–Trinajstić information content (AvgIpc) is 2.30. The van der Waals surface area contributed by atoms with Crippen molar-refractivity contribution in [3.8, 4) is 0 Å². The van der Waals surface area contributed by atoms with Gasteiger partial charge >= 0.3 is 0 Å². The number of nitrogens with one attached hydrogen (secondary N) is 1. The molecular weight excluding hydrogens is 277 g/mol. The molecule has 1 aromatic heterocycles. The van der Waals surface area contributed by atoms with Gasteiger partial charge in [-0.2, -0.15) is 0 Å². The number of piperidine rings is 1. The summed E-state index contributed by atoms with van der Waals surface area (Å²) in [5.41, 5.74) is 3.57. The number of hydrogen-bond donors (Lipinski definition) is 2. The third-order valence-electron chi connectivity index (χ3n) is 2.79. The molecule has 0 unspecified atom stereocenters. The SMILES string of the molecule is Cc1cc(N2CCCCC2)nnc1NN.Cl.Cl.O. The van der Waals surface area contributed by atoms with Gasteiger partial charge in [-0.15, -0.1) is 35.0 Å². The van der Waals surface area contributed by atoms with E-state index in [9.17, 15) is 0 Å². The minimum Gasteiger partial charge on any atom is -0.412 e. The molecular formula is C10H21Cl2N5O. The Labute approximate surface area is 119 Å². The predicted molar refractivity (Wildman–Crippen MR) is 78.8 cm³/mol. The van der Waals surface area contributed by atoms with Gasteiger partial charge in [0.05, 0.1) is 0 Å². The first-order valence-electron chi connectivity index (χ1n) is 5.37. The summed E-state index contributed by atoms with van der Waals surface area (Å²) in [5.74, 6) is 6.93. The maximum Gasteiger partial charge on any atom is 0.165 e. The van der Waals surface area contributed by atoms with Crippen LogP contribution in [0.5, 0.6) is 0 Å². The van der Waals surface area contributed by atoms with Crippen molar-refractivity contribution in [2.24, 2.45) is 5.84 Å². The van der Waals surface area contributed by atoms with Crippen molar-refractivity contribution in [1.29, 1.82) is 0 Å². The Kier molecular flexibility index (Phi) is 9.93. The first kappa shape index (κ1) is 19.5. The van der Waals surface area contributed by atoms with Gasteiger partial charge in [-0.05, 0) is 37.8 Å². The maximum atomic E-state index is 5.31.